The third kappa shape index (κ3) is 2.50. The summed E-state index contributed by atoms with van der Waals surface area (Å²) in [5.41, 5.74) is 8.89. The molecular formula is C11H14N4O. The molecule has 84 valence electrons. The van der Waals surface area contributed by atoms with Gasteiger partial charge in [0.05, 0.1) is 0 Å². The van der Waals surface area contributed by atoms with Gasteiger partial charge in [0, 0.05) is 18.2 Å². The van der Waals surface area contributed by atoms with E-state index in [0.717, 1.165) is 10.6 Å². The number of hydrogen-bond donors (Lipinski definition) is 2. The molecule has 0 saturated carbocycles. The van der Waals surface area contributed by atoms with E-state index in [9.17, 15) is 4.79 Å². The van der Waals surface area contributed by atoms with Crippen molar-refractivity contribution in [3.63, 3.8) is 0 Å². The van der Waals surface area contributed by atoms with Crippen LogP contribution in [0.4, 0.5) is 0 Å². The SMILES string of the molecule is CC(=O)c1cc(C)cc(C(=N)N(C)N=N)c1. The van der Waals surface area contributed by atoms with Crippen molar-refractivity contribution >= 4 is 11.6 Å². The van der Waals surface area contributed by atoms with Crippen molar-refractivity contribution in [2.24, 2.45) is 5.22 Å². The first kappa shape index (κ1) is 12.0. The summed E-state index contributed by atoms with van der Waals surface area (Å²) < 4.78 is 0. The van der Waals surface area contributed by atoms with Gasteiger partial charge < -0.3 is 0 Å². The minimum atomic E-state index is -0.0387. The number of rotatable bonds is 3. The number of amidine groups is 1. The zero-order valence-corrected chi connectivity index (χ0v) is 9.53. The second-order valence-electron chi connectivity index (χ2n) is 3.62. The van der Waals surface area contributed by atoms with Gasteiger partial charge in [0.2, 0.25) is 0 Å². The average Bonchev–Trinajstić information content (AvgIpc) is 2.26. The highest BCUT2D eigenvalue weighted by atomic mass is 16.1. The fourth-order valence-corrected chi connectivity index (χ4v) is 1.36. The molecular weight excluding hydrogens is 204 g/mol. The lowest BCUT2D eigenvalue weighted by Gasteiger charge is -2.13. The monoisotopic (exact) mass is 218 g/mol. The molecule has 0 amide bonds. The van der Waals surface area contributed by atoms with Crippen molar-refractivity contribution in [3.05, 3.63) is 34.9 Å². The Morgan fingerprint density at radius 3 is 2.38 bits per heavy atom. The third-order valence-corrected chi connectivity index (χ3v) is 2.23. The van der Waals surface area contributed by atoms with E-state index in [1.165, 1.54) is 14.0 Å². The molecule has 0 aliphatic carbocycles. The van der Waals surface area contributed by atoms with Gasteiger partial charge in [-0.3, -0.25) is 10.2 Å². The highest BCUT2D eigenvalue weighted by Crippen LogP contribution is 2.12. The maximum absolute atomic E-state index is 11.3. The predicted octanol–water partition coefficient (Wildman–Crippen LogP) is 2.40. The van der Waals surface area contributed by atoms with Crippen molar-refractivity contribution in [1.82, 2.24) is 5.01 Å². The van der Waals surface area contributed by atoms with Gasteiger partial charge in [-0.2, -0.15) is 5.53 Å². The molecule has 0 heterocycles. The topological polar surface area (TPSA) is 80.4 Å². The third-order valence-electron chi connectivity index (χ3n) is 2.23. The normalized spacial score (nSPS) is 9.69. The maximum Gasteiger partial charge on any atom is 0.159 e. The molecule has 0 aromatic heterocycles. The van der Waals surface area contributed by atoms with Crippen LogP contribution in [0.5, 0.6) is 0 Å². The first-order valence-electron chi connectivity index (χ1n) is 4.78. The van der Waals surface area contributed by atoms with E-state index in [1.807, 2.05) is 6.92 Å². The summed E-state index contributed by atoms with van der Waals surface area (Å²) in [6, 6.07) is 5.20. The van der Waals surface area contributed by atoms with Crippen LogP contribution in [0, 0.1) is 17.9 Å². The fourth-order valence-electron chi connectivity index (χ4n) is 1.36. The van der Waals surface area contributed by atoms with Crippen molar-refractivity contribution in [3.8, 4) is 0 Å². The van der Waals surface area contributed by atoms with E-state index in [-0.39, 0.29) is 11.6 Å². The average molecular weight is 218 g/mol. The Hall–Kier alpha value is -2.04. The minimum Gasteiger partial charge on any atom is -0.295 e. The molecule has 0 saturated heterocycles. The van der Waals surface area contributed by atoms with Crippen LogP contribution >= 0.6 is 0 Å². The molecule has 16 heavy (non-hydrogen) atoms. The number of carbonyl (C=O) groups excluding carboxylic acids is 1. The number of nitrogens with one attached hydrogen (secondary N) is 2. The molecule has 5 nitrogen and oxygen atoms in total. The summed E-state index contributed by atoms with van der Waals surface area (Å²) in [4.78, 5) is 11.3. The van der Waals surface area contributed by atoms with Crippen LogP contribution in [-0.2, 0) is 0 Å². The highest BCUT2D eigenvalue weighted by Gasteiger charge is 2.09. The van der Waals surface area contributed by atoms with Crippen molar-refractivity contribution in [2.45, 2.75) is 13.8 Å². The highest BCUT2D eigenvalue weighted by molar-refractivity contribution is 6.00. The van der Waals surface area contributed by atoms with Gasteiger partial charge in [-0.1, -0.05) is 5.22 Å². The molecule has 1 rings (SSSR count). The van der Waals surface area contributed by atoms with E-state index < -0.39 is 0 Å². The van der Waals surface area contributed by atoms with E-state index in [4.69, 9.17) is 10.9 Å². The van der Waals surface area contributed by atoms with E-state index in [0.29, 0.717) is 11.1 Å². The summed E-state index contributed by atoms with van der Waals surface area (Å²) in [6.07, 6.45) is 0. The first-order valence-corrected chi connectivity index (χ1v) is 4.78. The van der Waals surface area contributed by atoms with Crippen LogP contribution in [0.25, 0.3) is 0 Å². The van der Waals surface area contributed by atoms with Gasteiger partial charge >= 0.3 is 0 Å². The molecule has 0 aliphatic heterocycles. The Bertz CT molecular complexity index is 453. The van der Waals surface area contributed by atoms with Crippen LogP contribution < -0.4 is 0 Å². The number of aryl methyl sites for hydroxylation is 1. The molecule has 0 fully saturated rings. The smallest absolute Gasteiger partial charge is 0.159 e. The van der Waals surface area contributed by atoms with Crippen LogP contribution in [0.15, 0.2) is 23.4 Å². The Balaban J connectivity index is 3.19. The molecule has 2 N–H and O–H groups in total. The van der Waals surface area contributed by atoms with Crippen LogP contribution in [0.3, 0.4) is 0 Å². The molecule has 0 radical (unpaired) electrons. The Kier molecular flexibility index (Phi) is 3.50. The summed E-state index contributed by atoms with van der Waals surface area (Å²) in [7, 11) is 1.52. The summed E-state index contributed by atoms with van der Waals surface area (Å²) >= 11 is 0. The second-order valence-corrected chi connectivity index (χ2v) is 3.62. The van der Waals surface area contributed by atoms with Gasteiger partial charge in [0.15, 0.2) is 5.78 Å². The molecule has 0 atom stereocenters. The lowest BCUT2D eigenvalue weighted by Crippen LogP contribution is -2.20. The quantitative estimate of drug-likeness (QED) is 0.268. The lowest BCUT2D eigenvalue weighted by atomic mass is 10.0. The Morgan fingerprint density at radius 2 is 1.88 bits per heavy atom. The Morgan fingerprint density at radius 1 is 1.31 bits per heavy atom. The van der Waals surface area contributed by atoms with Crippen molar-refractivity contribution < 1.29 is 4.79 Å². The zero-order chi connectivity index (χ0) is 12.3. The number of ketones is 1. The van der Waals surface area contributed by atoms with Crippen LogP contribution in [0.2, 0.25) is 0 Å². The summed E-state index contributed by atoms with van der Waals surface area (Å²) in [5, 5.41) is 12.1. The van der Waals surface area contributed by atoms with Crippen LogP contribution in [0.1, 0.15) is 28.4 Å². The van der Waals surface area contributed by atoms with E-state index in [2.05, 4.69) is 5.22 Å². The number of nitrogens with zero attached hydrogens (tertiary/aromatic N) is 2. The number of Topliss-reactive ketones (excluding diaryl/α,β-unsaturated/α-hetero) is 1. The van der Waals surface area contributed by atoms with Gasteiger partial charge in [0.1, 0.15) is 5.84 Å². The van der Waals surface area contributed by atoms with Crippen molar-refractivity contribution in [2.75, 3.05) is 7.05 Å². The van der Waals surface area contributed by atoms with Gasteiger partial charge in [-0.05, 0) is 37.6 Å². The molecule has 0 unspecified atom stereocenters. The molecule has 0 bridgehead atoms. The predicted molar refractivity (Wildman–Crippen MR) is 60.9 cm³/mol. The molecule has 0 spiro atoms. The van der Waals surface area contributed by atoms with Gasteiger partial charge in [-0.15, -0.1) is 0 Å². The number of benzene rings is 1. The molecule has 0 aliphatic rings. The number of carbonyl (C=O) groups is 1. The molecule has 1 aromatic rings. The minimum absolute atomic E-state index is 0.0387. The van der Waals surface area contributed by atoms with Crippen LogP contribution in [-0.4, -0.2) is 23.7 Å². The second kappa shape index (κ2) is 4.65. The Labute approximate surface area is 94.1 Å². The maximum atomic E-state index is 11.3. The zero-order valence-electron chi connectivity index (χ0n) is 9.53. The number of hydrogen-bond acceptors (Lipinski definition) is 4. The largest absolute Gasteiger partial charge is 0.295 e. The lowest BCUT2D eigenvalue weighted by molar-refractivity contribution is 0.101. The van der Waals surface area contributed by atoms with Gasteiger partial charge in [0.25, 0.3) is 0 Å². The van der Waals surface area contributed by atoms with E-state index >= 15 is 0 Å². The fraction of sp³-hybridized carbons (Fsp3) is 0.273. The first-order chi connectivity index (χ1) is 7.45. The molecule has 5 heteroatoms. The molecule has 1 aromatic carbocycles. The van der Waals surface area contributed by atoms with Gasteiger partial charge in [-0.25, -0.2) is 5.01 Å². The van der Waals surface area contributed by atoms with Crippen molar-refractivity contribution in [1.29, 1.82) is 10.9 Å². The standard InChI is InChI=1S/C11H14N4O/c1-7-4-9(8(2)16)6-10(5-7)11(12)15(3)14-13/h4-6,12-13H,1-3H3. The summed E-state index contributed by atoms with van der Waals surface area (Å²) in [6.45, 7) is 3.35. The summed E-state index contributed by atoms with van der Waals surface area (Å²) in [5.74, 6) is 0.0596. The van der Waals surface area contributed by atoms with E-state index in [1.54, 1.807) is 18.2 Å².